The molecule has 6 nitrogen and oxygen atoms in total. The molecule has 0 fully saturated rings. The van der Waals surface area contributed by atoms with E-state index >= 15 is 0 Å². The molecule has 0 aliphatic heterocycles. The number of pyridine rings is 1. The van der Waals surface area contributed by atoms with Gasteiger partial charge in [-0.2, -0.15) is 0 Å². The van der Waals surface area contributed by atoms with Gasteiger partial charge in [0.1, 0.15) is 5.84 Å². The highest BCUT2D eigenvalue weighted by molar-refractivity contribution is 6.02. The Balaban J connectivity index is 2.12. The molecule has 0 unspecified atom stereocenters. The Morgan fingerprint density at radius 2 is 1.58 bits per heavy atom. The first-order valence-electron chi connectivity index (χ1n) is 7.59. The van der Waals surface area contributed by atoms with Crippen LogP contribution in [0, 0.1) is 0 Å². The average molecular weight is 320 g/mol. The molecule has 6 heteroatoms. The van der Waals surface area contributed by atoms with Crippen molar-refractivity contribution in [2.75, 3.05) is 19.0 Å². The highest BCUT2D eigenvalue weighted by atomic mass is 15.2. The van der Waals surface area contributed by atoms with Crippen molar-refractivity contribution in [1.82, 2.24) is 4.98 Å². The summed E-state index contributed by atoms with van der Waals surface area (Å²) in [5.41, 5.74) is 15.1. The van der Waals surface area contributed by atoms with E-state index in [1.54, 1.807) is 6.92 Å². The van der Waals surface area contributed by atoms with Crippen LogP contribution in [0.5, 0.6) is 0 Å². The first-order chi connectivity index (χ1) is 11.4. The van der Waals surface area contributed by atoms with Gasteiger partial charge in [-0.25, -0.2) is 4.98 Å². The normalized spacial score (nSPS) is 12.8. The zero-order chi connectivity index (χ0) is 17.3. The molecule has 2 aromatic carbocycles. The van der Waals surface area contributed by atoms with E-state index in [2.05, 4.69) is 39.4 Å². The molecule has 4 N–H and O–H groups in total. The van der Waals surface area contributed by atoms with Gasteiger partial charge in [-0.05, 0) is 31.2 Å². The summed E-state index contributed by atoms with van der Waals surface area (Å²) in [6, 6.07) is 14.2. The molecule has 1 heterocycles. The molecule has 0 saturated heterocycles. The van der Waals surface area contributed by atoms with Crippen molar-refractivity contribution < 1.29 is 0 Å². The molecule has 3 rings (SSSR count). The van der Waals surface area contributed by atoms with E-state index in [1.807, 2.05) is 32.3 Å². The molecule has 0 bridgehead atoms. The quantitative estimate of drug-likeness (QED) is 0.335. The lowest BCUT2D eigenvalue weighted by Gasteiger charge is -2.13. The second kappa shape index (κ2) is 6.16. The minimum absolute atomic E-state index is 0.311. The van der Waals surface area contributed by atoms with Crippen molar-refractivity contribution in [2.24, 2.45) is 21.7 Å². The topological polar surface area (TPSA) is 92.9 Å². The minimum Gasteiger partial charge on any atom is -0.386 e. The predicted octanol–water partition coefficient (Wildman–Crippen LogP) is 2.45. The van der Waals surface area contributed by atoms with Gasteiger partial charge >= 0.3 is 0 Å². The van der Waals surface area contributed by atoms with E-state index in [0.717, 1.165) is 33.1 Å². The summed E-state index contributed by atoms with van der Waals surface area (Å²) in [5.74, 6) is 0.671. The number of rotatable bonds is 3. The summed E-state index contributed by atoms with van der Waals surface area (Å²) in [4.78, 5) is 6.82. The number of aromatic nitrogens is 1. The second-order valence-electron chi connectivity index (χ2n) is 5.89. The molecular weight excluding hydrogens is 300 g/mol. The summed E-state index contributed by atoms with van der Waals surface area (Å²) < 4.78 is 0. The standard InChI is InChI=1S/C18H20N6/c1-11(19)22-23-18(20)14-5-4-12-8-13-6-7-15(24(2)3)10-17(13)21-16(12)9-14/h4-10H,1-3H3,(H2,19,22)(H2,20,23). The zero-order valence-electron chi connectivity index (χ0n) is 14.0. The monoisotopic (exact) mass is 320 g/mol. The SMILES string of the molecule is C/C(N)=N/N=C(\N)c1ccc2cc3ccc(N(C)C)cc3nc2c1. The summed E-state index contributed by atoms with van der Waals surface area (Å²) in [6.45, 7) is 1.66. The van der Waals surface area contributed by atoms with Crippen LogP contribution in [0.2, 0.25) is 0 Å². The van der Waals surface area contributed by atoms with Crippen LogP contribution in [-0.4, -0.2) is 30.8 Å². The first kappa shape index (κ1) is 15.7. The van der Waals surface area contributed by atoms with Gasteiger partial charge in [0.15, 0.2) is 5.84 Å². The zero-order valence-corrected chi connectivity index (χ0v) is 14.0. The number of hydrogen-bond acceptors (Lipinski definition) is 4. The summed E-state index contributed by atoms with van der Waals surface area (Å²) in [5, 5.41) is 9.87. The van der Waals surface area contributed by atoms with Crippen molar-refractivity contribution in [3.63, 3.8) is 0 Å². The number of anilines is 1. The van der Waals surface area contributed by atoms with Crippen LogP contribution in [0.25, 0.3) is 21.8 Å². The first-order valence-corrected chi connectivity index (χ1v) is 7.59. The van der Waals surface area contributed by atoms with Gasteiger partial charge < -0.3 is 16.4 Å². The Labute approximate surface area is 140 Å². The molecule has 0 amide bonds. The molecule has 0 atom stereocenters. The van der Waals surface area contributed by atoms with Gasteiger partial charge in [-0.3, -0.25) is 0 Å². The smallest absolute Gasteiger partial charge is 0.153 e. The van der Waals surface area contributed by atoms with Crippen LogP contribution in [-0.2, 0) is 0 Å². The fourth-order valence-corrected chi connectivity index (χ4v) is 2.44. The Hall–Kier alpha value is -3.15. The van der Waals surface area contributed by atoms with Gasteiger partial charge in [0, 0.05) is 36.1 Å². The van der Waals surface area contributed by atoms with Gasteiger partial charge in [0.2, 0.25) is 0 Å². The van der Waals surface area contributed by atoms with Crippen molar-refractivity contribution in [3.05, 3.63) is 48.0 Å². The number of fused-ring (bicyclic) bond motifs is 2. The average Bonchev–Trinajstić information content (AvgIpc) is 2.56. The van der Waals surface area contributed by atoms with E-state index in [9.17, 15) is 0 Å². The Bertz CT molecular complexity index is 968. The number of nitrogens with two attached hydrogens (primary N) is 2. The molecule has 0 radical (unpaired) electrons. The Morgan fingerprint density at radius 1 is 0.917 bits per heavy atom. The Morgan fingerprint density at radius 3 is 2.25 bits per heavy atom. The maximum Gasteiger partial charge on any atom is 0.153 e. The third-order valence-corrected chi connectivity index (χ3v) is 3.72. The van der Waals surface area contributed by atoms with Crippen LogP contribution < -0.4 is 16.4 Å². The Kier molecular flexibility index (Phi) is 4.04. The predicted molar refractivity (Wildman–Crippen MR) is 102 cm³/mol. The van der Waals surface area contributed by atoms with Gasteiger partial charge in [-0.15, -0.1) is 10.2 Å². The fourth-order valence-electron chi connectivity index (χ4n) is 2.44. The molecule has 3 aromatic rings. The van der Waals surface area contributed by atoms with Gasteiger partial charge in [0.25, 0.3) is 0 Å². The van der Waals surface area contributed by atoms with E-state index in [-0.39, 0.29) is 0 Å². The third kappa shape index (κ3) is 3.12. The fraction of sp³-hybridized carbons (Fsp3) is 0.167. The second-order valence-corrected chi connectivity index (χ2v) is 5.89. The van der Waals surface area contributed by atoms with Crippen LogP contribution in [0.3, 0.4) is 0 Å². The summed E-state index contributed by atoms with van der Waals surface area (Å²) >= 11 is 0. The molecule has 0 aliphatic carbocycles. The number of benzene rings is 2. The van der Waals surface area contributed by atoms with Crippen molar-refractivity contribution in [2.45, 2.75) is 6.92 Å². The number of hydrogen-bond donors (Lipinski definition) is 2. The molecule has 1 aromatic heterocycles. The molecule has 24 heavy (non-hydrogen) atoms. The molecule has 0 spiro atoms. The minimum atomic E-state index is 0.311. The van der Waals surface area contributed by atoms with Gasteiger partial charge in [0.05, 0.1) is 11.0 Å². The largest absolute Gasteiger partial charge is 0.386 e. The lowest BCUT2D eigenvalue weighted by atomic mass is 10.1. The van der Waals surface area contributed by atoms with E-state index in [1.165, 1.54) is 0 Å². The van der Waals surface area contributed by atoms with E-state index in [0.29, 0.717) is 11.7 Å². The van der Waals surface area contributed by atoms with Crippen LogP contribution in [0.1, 0.15) is 12.5 Å². The maximum atomic E-state index is 5.96. The third-order valence-electron chi connectivity index (χ3n) is 3.72. The summed E-state index contributed by atoms with van der Waals surface area (Å²) in [6.07, 6.45) is 0. The highest BCUT2D eigenvalue weighted by Crippen LogP contribution is 2.24. The lowest BCUT2D eigenvalue weighted by molar-refractivity contribution is 1.13. The maximum absolute atomic E-state index is 5.96. The van der Waals surface area contributed by atoms with Crippen LogP contribution in [0.15, 0.2) is 52.7 Å². The number of nitrogens with zero attached hydrogens (tertiary/aromatic N) is 4. The lowest BCUT2D eigenvalue weighted by Crippen LogP contribution is -2.14. The van der Waals surface area contributed by atoms with Gasteiger partial charge in [-0.1, -0.05) is 18.2 Å². The van der Waals surface area contributed by atoms with Crippen molar-refractivity contribution in [1.29, 1.82) is 0 Å². The molecule has 0 saturated carbocycles. The summed E-state index contributed by atoms with van der Waals surface area (Å²) in [7, 11) is 4.02. The van der Waals surface area contributed by atoms with Crippen LogP contribution in [0.4, 0.5) is 5.69 Å². The molecule has 0 aliphatic rings. The highest BCUT2D eigenvalue weighted by Gasteiger charge is 2.05. The number of amidine groups is 2. The van der Waals surface area contributed by atoms with E-state index < -0.39 is 0 Å². The molecular formula is C18H20N6. The van der Waals surface area contributed by atoms with E-state index in [4.69, 9.17) is 16.5 Å². The van der Waals surface area contributed by atoms with Crippen LogP contribution >= 0.6 is 0 Å². The van der Waals surface area contributed by atoms with Crippen molar-refractivity contribution in [3.8, 4) is 0 Å². The molecule has 122 valence electrons. The van der Waals surface area contributed by atoms with Crippen molar-refractivity contribution >= 4 is 39.2 Å².